The average Bonchev–Trinajstić information content (AvgIpc) is 2.09. The Hall–Kier alpha value is -1.48. The summed E-state index contributed by atoms with van der Waals surface area (Å²) in [4.78, 5) is 39.8. The Bertz CT molecular complexity index is 276. The molecule has 0 unspecified atom stereocenters. The maximum absolute atomic E-state index is 10.1. The number of hydrogen-bond donors (Lipinski definition) is 0. The zero-order chi connectivity index (χ0) is 12.9. The molecular weight excluding hydrogens is 340 g/mol. The third-order valence-electron chi connectivity index (χ3n) is 1.43. The van der Waals surface area contributed by atoms with E-state index in [-0.39, 0.29) is 34.1 Å². The van der Waals surface area contributed by atoms with Crippen LogP contribution < -0.4 is 20.4 Å². The zero-order valence-corrected chi connectivity index (χ0v) is 10.5. The van der Waals surface area contributed by atoms with Crippen LogP contribution in [-0.4, -0.2) is 47.3 Å². The van der Waals surface area contributed by atoms with E-state index in [1.165, 1.54) is 0 Å². The third-order valence-corrected chi connectivity index (χ3v) is 1.43. The topological polar surface area (TPSA) is 167 Å². The SMILES string of the molecule is O=C([O-])N(CCN(C(=O)[O-])C(=O)[O-])C(=O)[O-].[Fe+2].[Fe+2]. The van der Waals surface area contributed by atoms with E-state index in [9.17, 15) is 39.6 Å². The molecule has 0 atom stereocenters. The van der Waals surface area contributed by atoms with Crippen molar-refractivity contribution < 1.29 is 73.7 Å². The van der Waals surface area contributed by atoms with Crippen LogP contribution in [0, 0.1) is 0 Å². The van der Waals surface area contributed by atoms with Crippen molar-refractivity contribution in [1.29, 1.82) is 0 Å². The molecule has 0 N–H and O–H groups in total. The number of rotatable bonds is 3. The number of nitrogens with zero attached hydrogens (tertiary/aromatic N) is 2. The summed E-state index contributed by atoms with van der Waals surface area (Å²) in [5.74, 6) is 0. The second kappa shape index (κ2) is 9.54. The number of hydrogen-bond acceptors (Lipinski definition) is 8. The molecule has 18 heavy (non-hydrogen) atoms. The predicted octanol–water partition coefficient (Wildman–Crippen LogP) is -5.04. The van der Waals surface area contributed by atoms with Crippen molar-refractivity contribution in [3.63, 3.8) is 0 Å². The van der Waals surface area contributed by atoms with Crippen LogP contribution in [0.2, 0.25) is 0 Å². The van der Waals surface area contributed by atoms with Crippen LogP contribution in [0.4, 0.5) is 19.2 Å². The molecule has 12 heteroatoms. The molecule has 0 heterocycles. The fourth-order valence-corrected chi connectivity index (χ4v) is 0.714. The molecular formula is C6H4Fe2N2O8. The standard InChI is InChI=1S/C6H8N2O8.2Fe/c9-3(10)7(4(11)12)1-2-8(5(13)14)6(15)16;;/h1-2H2,(H,9,10)(H,11,12)(H,13,14)(H,15,16);;/q;2*+2/p-4. The van der Waals surface area contributed by atoms with Gasteiger partial charge in [0.15, 0.2) is 0 Å². The van der Waals surface area contributed by atoms with Crippen molar-refractivity contribution in [2.45, 2.75) is 0 Å². The maximum atomic E-state index is 10.1. The first kappa shape index (κ1) is 21.8. The maximum Gasteiger partial charge on any atom is 2.00 e. The van der Waals surface area contributed by atoms with Gasteiger partial charge < -0.3 is 49.4 Å². The monoisotopic (exact) mass is 344 g/mol. The molecule has 10 nitrogen and oxygen atoms in total. The van der Waals surface area contributed by atoms with Gasteiger partial charge in [0.1, 0.15) is 24.4 Å². The summed E-state index contributed by atoms with van der Waals surface area (Å²) in [5.41, 5.74) is 0. The Morgan fingerprint density at radius 3 is 0.889 bits per heavy atom. The van der Waals surface area contributed by atoms with Crippen LogP contribution >= 0.6 is 0 Å². The normalized spacial score (nSPS) is 8.22. The van der Waals surface area contributed by atoms with E-state index >= 15 is 0 Å². The number of carbonyl (C=O) groups is 4. The van der Waals surface area contributed by atoms with Gasteiger partial charge in [-0.3, -0.25) is 0 Å². The number of carboxylic acid groups (broad SMARTS) is 4. The van der Waals surface area contributed by atoms with Gasteiger partial charge in [0, 0.05) is 13.1 Å². The van der Waals surface area contributed by atoms with Gasteiger partial charge in [-0.1, -0.05) is 0 Å². The molecule has 0 aromatic rings. The van der Waals surface area contributed by atoms with E-state index in [1.54, 1.807) is 0 Å². The molecule has 0 aliphatic carbocycles. The minimum atomic E-state index is -2.17. The van der Waals surface area contributed by atoms with Gasteiger partial charge in [-0.25, -0.2) is 0 Å². The van der Waals surface area contributed by atoms with Crippen molar-refractivity contribution in [2.75, 3.05) is 13.1 Å². The van der Waals surface area contributed by atoms with Gasteiger partial charge in [0.2, 0.25) is 0 Å². The van der Waals surface area contributed by atoms with Crippen molar-refractivity contribution >= 4 is 24.4 Å². The van der Waals surface area contributed by atoms with Crippen LogP contribution in [0.25, 0.3) is 0 Å². The van der Waals surface area contributed by atoms with E-state index in [2.05, 4.69) is 0 Å². The first-order chi connectivity index (χ1) is 7.27. The molecule has 0 aromatic heterocycles. The van der Waals surface area contributed by atoms with Crippen molar-refractivity contribution in [3.05, 3.63) is 0 Å². The fourth-order valence-electron chi connectivity index (χ4n) is 0.714. The van der Waals surface area contributed by atoms with Crippen LogP contribution in [0.1, 0.15) is 0 Å². The zero-order valence-electron chi connectivity index (χ0n) is 8.28. The Kier molecular flexibility index (Phi) is 11.5. The predicted molar refractivity (Wildman–Crippen MR) is 35.0 cm³/mol. The molecule has 0 rings (SSSR count). The molecule has 0 aromatic carbocycles. The van der Waals surface area contributed by atoms with Crippen LogP contribution in [0.15, 0.2) is 0 Å². The molecule has 0 spiro atoms. The van der Waals surface area contributed by atoms with Gasteiger partial charge in [0.05, 0.1) is 0 Å². The Labute approximate surface area is 121 Å². The second-order valence-electron chi connectivity index (χ2n) is 2.37. The Balaban J connectivity index is -0.00000112. The van der Waals surface area contributed by atoms with E-state index in [0.29, 0.717) is 0 Å². The Morgan fingerprint density at radius 2 is 0.778 bits per heavy atom. The first-order valence-corrected chi connectivity index (χ1v) is 3.66. The molecule has 0 bridgehead atoms. The minimum Gasteiger partial charge on any atom is -0.530 e. The van der Waals surface area contributed by atoms with Crippen molar-refractivity contribution in [2.24, 2.45) is 0 Å². The average molecular weight is 344 g/mol. The van der Waals surface area contributed by atoms with Gasteiger partial charge in [-0.2, -0.15) is 0 Å². The van der Waals surface area contributed by atoms with Crippen LogP contribution in [-0.2, 0) is 34.1 Å². The summed E-state index contributed by atoms with van der Waals surface area (Å²) in [7, 11) is 0. The summed E-state index contributed by atoms with van der Waals surface area (Å²) in [6.07, 6.45) is -8.68. The van der Waals surface area contributed by atoms with E-state index in [0.717, 1.165) is 0 Å². The van der Waals surface area contributed by atoms with Gasteiger partial charge in [-0.05, 0) is 0 Å². The molecule has 102 valence electrons. The molecule has 0 aliphatic heterocycles. The molecule has 0 aliphatic rings. The van der Waals surface area contributed by atoms with Crippen molar-refractivity contribution in [1.82, 2.24) is 9.80 Å². The van der Waals surface area contributed by atoms with E-state index in [4.69, 9.17) is 0 Å². The minimum absolute atomic E-state index is 0. The fraction of sp³-hybridized carbons (Fsp3) is 0.333. The first-order valence-electron chi connectivity index (χ1n) is 3.66. The summed E-state index contributed by atoms with van der Waals surface area (Å²) < 4.78 is 0. The van der Waals surface area contributed by atoms with E-state index in [1.807, 2.05) is 0 Å². The molecule has 0 radical (unpaired) electrons. The van der Waals surface area contributed by atoms with Crippen LogP contribution in [0.3, 0.4) is 0 Å². The van der Waals surface area contributed by atoms with Gasteiger partial charge in [0.25, 0.3) is 0 Å². The summed E-state index contributed by atoms with van der Waals surface area (Å²) in [6, 6.07) is 0. The summed E-state index contributed by atoms with van der Waals surface area (Å²) in [6.45, 7) is -1.99. The van der Waals surface area contributed by atoms with Crippen LogP contribution in [0.5, 0.6) is 0 Å². The largest absolute Gasteiger partial charge is 2.00 e. The quantitative estimate of drug-likeness (QED) is 0.459. The smallest absolute Gasteiger partial charge is 0.530 e. The molecule has 0 fully saturated rings. The molecule has 0 saturated heterocycles. The second-order valence-corrected chi connectivity index (χ2v) is 2.37. The number of imide groups is 2. The number of amides is 4. The van der Waals surface area contributed by atoms with Gasteiger partial charge in [-0.15, -0.1) is 0 Å². The number of carbonyl (C=O) groups excluding carboxylic acids is 4. The summed E-state index contributed by atoms with van der Waals surface area (Å²) >= 11 is 0. The molecule has 0 saturated carbocycles. The molecule has 4 amide bonds. The third kappa shape index (κ3) is 6.96. The van der Waals surface area contributed by atoms with E-state index < -0.39 is 47.3 Å². The van der Waals surface area contributed by atoms with Crippen molar-refractivity contribution in [3.8, 4) is 0 Å². The summed E-state index contributed by atoms with van der Waals surface area (Å²) in [5, 5.41) is 40.6. The Morgan fingerprint density at radius 1 is 0.611 bits per heavy atom. The van der Waals surface area contributed by atoms with Gasteiger partial charge >= 0.3 is 34.1 Å².